The number of pyridine rings is 1. The van der Waals surface area contributed by atoms with Gasteiger partial charge in [0.05, 0.1) is 6.20 Å². The quantitative estimate of drug-likeness (QED) is 0.685. The molecule has 0 spiro atoms. The third-order valence-electron chi connectivity index (χ3n) is 3.71. The molecule has 0 aliphatic heterocycles. The van der Waals surface area contributed by atoms with Gasteiger partial charge in [0.25, 0.3) is 0 Å². The predicted octanol–water partition coefficient (Wildman–Crippen LogP) is 3.16. The number of carbonyl (C=O) groups excluding carboxylic acids is 1. The molecule has 0 saturated heterocycles. The second-order valence-corrected chi connectivity index (χ2v) is 5.83. The summed E-state index contributed by atoms with van der Waals surface area (Å²) in [6.07, 6.45) is 4.85. The number of hydrogen-bond acceptors (Lipinski definition) is 3. The van der Waals surface area contributed by atoms with Gasteiger partial charge in [-0.1, -0.05) is 13.8 Å². The van der Waals surface area contributed by atoms with E-state index in [2.05, 4.69) is 16.8 Å². The van der Waals surface area contributed by atoms with Crippen LogP contribution in [0.4, 0.5) is 4.39 Å². The minimum absolute atomic E-state index is 0.00176. The molecule has 1 fully saturated rings. The maximum absolute atomic E-state index is 12.8. The van der Waals surface area contributed by atoms with Crippen molar-refractivity contribution in [1.82, 2.24) is 9.88 Å². The molecule has 0 amide bonds. The molecule has 3 nitrogen and oxygen atoms in total. The van der Waals surface area contributed by atoms with Gasteiger partial charge in [-0.2, -0.15) is 0 Å². The molecule has 1 aliphatic rings. The lowest BCUT2D eigenvalue weighted by atomic mass is 10.0. The Hall–Kier alpha value is -1.29. The van der Waals surface area contributed by atoms with Crippen LogP contribution in [-0.2, 0) is 0 Å². The van der Waals surface area contributed by atoms with Crippen molar-refractivity contribution in [2.45, 2.75) is 33.1 Å². The van der Waals surface area contributed by atoms with Crippen molar-refractivity contribution in [1.29, 1.82) is 0 Å². The van der Waals surface area contributed by atoms with E-state index < -0.39 is 5.82 Å². The minimum Gasteiger partial charge on any atom is -0.302 e. The molecular formula is C16H23FN2O. The van der Waals surface area contributed by atoms with Gasteiger partial charge in [0, 0.05) is 19.0 Å². The summed E-state index contributed by atoms with van der Waals surface area (Å²) in [5, 5.41) is 0. The summed E-state index contributed by atoms with van der Waals surface area (Å²) < 4.78 is 12.8. The van der Waals surface area contributed by atoms with E-state index in [1.807, 2.05) is 6.92 Å². The van der Waals surface area contributed by atoms with E-state index in [-0.39, 0.29) is 11.7 Å². The molecule has 1 heterocycles. The van der Waals surface area contributed by atoms with Crippen molar-refractivity contribution in [3.8, 4) is 0 Å². The summed E-state index contributed by atoms with van der Waals surface area (Å²) in [5.41, 5.74) is 0.363. The van der Waals surface area contributed by atoms with Crippen LogP contribution in [-0.4, -0.2) is 35.3 Å². The molecule has 2 rings (SSSR count). The minimum atomic E-state index is -0.407. The van der Waals surface area contributed by atoms with Crippen molar-refractivity contribution in [2.75, 3.05) is 19.6 Å². The third kappa shape index (κ3) is 4.37. The van der Waals surface area contributed by atoms with E-state index in [1.165, 1.54) is 25.0 Å². The number of Topliss-reactive ketones (excluding diaryl/α,β-unsaturated/α-hetero) is 1. The van der Waals surface area contributed by atoms with Crippen LogP contribution in [0.2, 0.25) is 0 Å². The lowest BCUT2D eigenvalue weighted by Gasteiger charge is -2.24. The van der Waals surface area contributed by atoms with E-state index in [1.54, 1.807) is 0 Å². The first-order chi connectivity index (χ1) is 9.60. The number of ketones is 1. The summed E-state index contributed by atoms with van der Waals surface area (Å²) in [6.45, 7) is 6.99. The van der Waals surface area contributed by atoms with Gasteiger partial charge in [-0.25, -0.2) is 4.39 Å². The van der Waals surface area contributed by atoms with E-state index >= 15 is 0 Å². The second-order valence-electron chi connectivity index (χ2n) is 5.83. The van der Waals surface area contributed by atoms with E-state index in [0.717, 1.165) is 38.2 Å². The van der Waals surface area contributed by atoms with Crippen molar-refractivity contribution in [2.24, 2.45) is 11.8 Å². The molecule has 1 aromatic heterocycles. The van der Waals surface area contributed by atoms with Crippen LogP contribution in [0.25, 0.3) is 0 Å². The summed E-state index contributed by atoms with van der Waals surface area (Å²) >= 11 is 0. The van der Waals surface area contributed by atoms with Crippen molar-refractivity contribution < 1.29 is 9.18 Å². The normalized spacial score (nSPS) is 16.4. The highest BCUT2D eigenvalue weighted by molar-refractivity contribution is 5.95. The Morgan fingerprint density at radius 2 is 2.25 bits per heavy atom. The van der Waals surface area contributed by atoms with Gasteiger partial charge in [0.15, 0.2) is 5.78 Å². The van der Waals surface area contributed by atoms with Gasteiger partial charge in [-0.3, -0.25) is 9.78 Å². The lowest BCUT2D eigenvalue weighted by Crippen LogP contribution is -2.34. The Bertz CT molecular complexity index is 442. The first-order valence-corrected chi connectivity index (χ1v) is 7.48. The Morgan fingerprint density at radius 1 is 1.50 bits per heavy atom. The van der Waals surface area contributed by atoms with Crippen molar-refractivity contribution >= 4 is 5.78 Å². The highest BCUT2D eigenvalue weighted by atomic mass is 19.1. The average Bonchev–Trinajstić information content (AvgIpc) is 3.23. The second kappa shape index (κ2) is 6.93. The Morgan fingerprint density at radius 3 is 2.80 bits per heavy atom. The summed E-state index contributed by atoms with van der Waals surface area (Å²) in [4.78, 5) is 18.5. The van der Waals surface area contributed by atoms with E-state index in [4.69, 9.17) is 0 Å². The van der Waals surface area contributed by atoms with E-state index in [9.17, 15) is 9.18 Å². The number of aromatic nitrogens is 1. The molecule has 0 aromatic carbocycles. The number of halogens is 1. The Balaban J connectivity index is 1.92. The standard InChI is InChI=1S/C16H23FN2O/c1-3-8-19(11-13-4-5-13)10-12(2)16(20)15-7-6-14(17)9-18-15/h6-7,9,12-13H,3-5,8,10-11H2,1-2H3. The van der Waals surface area contributed by atoms with Crippen LogP contribution in [0, 0.1) is 17.7 Å². The number of carbonyl (C=O) groups is 1. The molecule has 4 heteroatoms. The van der Waals surface area contributed by atoms with Crippen LogP contribution in [0.1, 0.15) is 43.6 Å². The molecule has 1 aliphatic carbocycles. The molecule has 20 heavy (non-hydrogen) atoms. The molecular weight excluding hydrogens is 255 g/mol. The Kier molecular flexibility index (Phi) is 5.24. The van der Waals surface area contributed by atoms with Gasteiger partial charge < -0.3 is 4.90 Å². The summed E-state index contributed by atoms with van der Waals surface area (Å²) in [7, 11) is 0. The molecule has 1 aromatic rings. The van der Waals surface area contributed by atoms with E-state index in [0.29, 0.717) is 5.69 Å². The van der Waals surface area contributed by atoms with Gasteiger partial charge in [-0.15, -0.1) is 0 Å². The molecule has 0 N–H and O–H groups in total. The molecule has 1 unspecified atom stereocenters. The number of nitrogens with zero attached hydrogens (tertiary/aromatic N) is 2. The van der Waals surface area contributed by atoms with Gasteiger partial charge in [0.2, 0.25) is 0 Å². The smallest absolute Gasteiger partial charge is 0.185 e. The monoisotopic (exact) mass is 278 g/mol. The third-order valence-corrected chi connectivity index (χ3v) is 3.71. The summed E-state index contributed by atoms with van der Waals surface area (Å²) in [6, 6.07) is 2.76. The highest BCUT2D eigenvalue weighted by Crippen LogP contribution is 2.30. The largest absolute Gasteiger partial charge is 0.302 e. The molecule has 1 atom stereocenters. The van der Waals surface area contributed by atoms with Gasteiger partial charge >= 0.3 is 0 Å². The maximum atomic E-state index is 12.8. The zero-order valence-electron chi connectivity index (χ0n) is 12.3. The highest BCUT2D eigenvalue weighted by Gasteiger charge is 2.26. The lowest BCUT2D eigenvalue weighted by molar-refractivity contribution is 0.0886. The van der Waals surface area contributed by atoms with Crippen LogP contribution < -0.4 is 0 Å². The van der Waals surface area contributed by atoms with Gasteiger partial charge in [-0.05, 0) is 43.9 Å². The summed E-state index contributed by atoms with van der Waals surface area (Å²) in [5.74, 6) is 0.323. The predicted molar refractivity (Wildman–Crippen MR) is 77.1 cm³/mol. The van der Waals surface area contributed by atoms with Crippen molar-refractivity contribution in [3.63, 3.8) is 0 Å². The van der Waals surface area contributed by atoms with Crippen LogP contribution >= 0.6 is 0 Å². The Labute approximate surface area is 120 Å². The van der Waals surface area contributed by atoms with Crippen molar-refractivity contribution in [3.05, 3.63) is 29.8 Å². The zero-order valence-corrected chi connectivity index (χ0v) is 12.3. The van der Waals surface area contributed by atoms with Crippen LogP contribution in [0.15, 0.2) is 18.3 Å². The molecule has 0 bridgehead atoms. The zero-order chi connectivity index (χ0) is 14.5. The fourth-order valence-electron chi connectivity index (χ4n) is 2.48. The number of rotatable bonds is 8. The molecule has 0 radical (unpaired) electrons. The topological polar surface area (TPSA) is 33.2 Å². The first kappa shape index (κ1) is 15.1. The SMILES string of the molecule is CCCN(CC1CC1)CC(C)C(=O)c1ccc(F)cn1. The fraction of sp³-hybridized carbons (Fsp3) is 0.625. The molecule has 1 saturated carbocycles. The first-order valence-electron chi connectivity index (χ1n) is 7.48. The van der Waals surface area contributed by atoms with Crippen LogP contribution in [0.3, 0.4) is 0 Å². The fourth-order valence-corrected chi connectivity index (χ4v) is 2.48. The number of hydrogen-bond donors (Lipinski definition) is 0. The maximum Gasteiger partial charge on any atom is 0.185 e. The molecule has 110 valence electrons. The van der Waals surface area contributed by atoms with Gasteiger partial charge in [0.1, 0.15) is 11.5 Å². The average molecular weight is 278 g/mol. The van der Waals surface area contributed by atoms with Crippen LogP contribution in [0.5, 0.6) is 0 Å².